The molecule has 96 valence electrons. The van der Waals surface area contributed by atoms with E-state index in [0.717, 1.165) is 17.0 Å². The van der Waals surface area contributed by atoms with Gasteiger partial charge in [0.15, 0.2) is 0 Å². The highest BCUT2D eigenvalue weighted by atomic mass is 32.1. The van der Waals surface area contributed by atoms with Crippen LogP contribution in [0.15, 0.2) is 34.4 Å². The van der Waals surface area contributed by atoms with Crippen LogP contribution >= 0.6 is 11.3 Å². The minimum Gasteiger partial charge on any atom is -0.324 e. The maximum Gasteiger partial charge on any atom is 0.307 e. The first kappa shape index (κ1) is 13.1. The Morgan fingerprint density at radius 2 is 2.32 bits per heavy atom. The number of nitrogens with zero attached hydrogens (tertiary/aromatic N) is 2. The van der Waals surface area contributed by atoms with Gasteiger partial charge in [-0.3, -0.25) is 14.2 Å². The van der Waals surface area contributed by atoms with Gasteiger partial charge >= 0.3 is 4.87 Å². The molecule has 0 atom stereocenters. The summed E-state index contributed by atoms with van der Waals surface area (Å²) in [6.07, 6.45) is 0. The molecule has 1 aromatic carbocycles. The number of hydrogen-bond acceptors (Lipinski definition) is 4. The number of benzene rings is 1. The minimum absolute atomic E-state index is 0.0229. The number of nitrogens with one attached hydrogen (secondary N) is 1. The summed E-state index contributed by atoms with van der Waals surface area (Å²) in [5.74, 6) is -0.293. The first-order valence-corrected chi connectivity index (χ1v) is 6.43. The summed E-state index contributed by atoms with van der Waals surface area (Å²) in [4.78, 5) is 23.2. The maximum absolute atomic E-state index is 11.8. The summed E-state index contributed by atoms with van der Waals surface area (Å²) in [5.41, 5.74) is 1.78. The Morgan fingerprint density at radius 3 is 2.95 bits per heavy atom. The number of aryl methyl sites for hydroxylation is 1. The predicted molar refractivity (Wildman–Crippen MR) is 73.1 cm³/mol. The van der Waals surface area contributed by atoms with Crippen molar-refractivity contribution in [3.63, 3.8) is 0 Å². The van der Waals surface area contributed by atoms with Crippen LogP contribution in [0.5, 0.6) is 0 Å². The normalized spacial score (nSPS) is 9.89. The maximum atomic E-state index is 11.8. The Bertz CT molecular complexity index is 709. The van der Waals surface area contributed by atoms with E-state index in [-0.39, 0.29) is 17.3 Å². The van der Waals surface area contributed by atoms with Crippen molar-refractivity contribution in [1.29, 1.82) is 5.26 Å². The van der Waals surface area contributed by atoms with E-state index < -0.39 is 0 Å². The summed E-state index contributed by atoms with van der Waals surface area (Å²) >= 11 is 1.07. The molecule has 19 heavy (non-hydrogen) atoms. The van der Waals surface area contributed by atoms with Crippen LogP contribution in [0.25, 0.3) is 0 Å². The molecule has 0 aliphatic rings. The van der Waals surface area contributed by atoms with E-state index in [2.05, 4.69) is 5.32 Å². The molecule has 0 radical (unpaired) electrons. The van der Waals surface area contributed by atoms with Crippen LogP contribution in [0.3, 0.4) is 0 Å². The van der Waals surface area contributed by atoms with Gasteiger partial charge in [-0.25, -0.2) is 0 Å². The predicted octanol–water partition coefficient (Wildman–Crippen LogP) is 1.73. The lowest BCUT2D eigenvalue weighted by molar-refractivity contribution is -0.116. The molecule has 1 amide bonds. The number of nitriles is 1. The van der Waals surface area contributed by atoms with Crippen LogP contribution in [0.2, 0.25) is 0 Å². The number of carbonyl (C=O) groups is 1. The van der Waals surface area contributed by atoms with E-state index in [1.807, 2.05) is 6.07 Å². The lowest BCUT2D eigenvalue weighted by atomic mass is 10.2. The molecule has 0 unspecified atom stereocenters. The third-order valence-electron chi connectivity index (χ3n) is 2.55. The van der Waals surface area contributed by atoms with Gasteiger partial charge < -0.3 is 5.32 Å². The Kier molecular flexibility index (Phi) is 3.78. The Labute approximate surface area is 113 Å². The van der Waals surface area contributed by atoms with Crippen molar-refractivity contribution in [2.75, 3.05) is 5.32 Å². The number of anilines is 1. The third kappa shape index (κ3) is 3.09. The van der Waals surface area contributed by atoms with E-state index in [1.165, 1.54) is 4.57 Å². The average molecular weight is 273 g/mol. The number of thiazole rings is 1. The van der Waals surface area contributed by atoms with Crippen LogP contribution < -0.4 is 10.2 Å². The monoisotopic (exact) mass is 273 g/mol. The SMILES string of the molecule is Cc1csc(=O)n1CC(=O)Nc1cccc(C#N)c1. The molecule has 0 saturated carbocycles. The second-order valence-corrected chi connectivity index (χ2v) is 4.79. The molecular formula is C13H11N3O2S. The highest BCUT2D eigenvalue weighted by Crippen LogP contribution is 2.10. The molecule has 1 aromatic heterocycles. The summed E-state index contributed by atoms with van der Waals surface area (Å²) in [6, 6.07) is 8.63. The molecule has 0 aliphatic carbocycles. The second kappa shape index (κ2) is 5.50. The molecule has 1 heterocycles. The molecule has 0 aliphatic heterocycles. The van der Waals surface area contributed by atoms with Crippen LogP contribution in [0, 0.1) is 18.3 Å². The standard InChI is InChI=1S/C13H11N3O2S/c1-9-8-19-13(18)16(9)7-12(17)15-11-4-2-3-10(5-11)6-14/h2-5,8H,7H2,1H3,(H,15,17). The highest BCUT2D eigenvalue weighted by molar-refractivity contribution is 7.07. The van der Waals surface area contributed by atoms with Crippen LogP contribution in [0.1, 0.15) is 11.3 Å². The van der Waals surface area contributed by atoms with E-state index in [0.29, 0.717) is 11.3 Å². The fourth-order valence-corrected chi connectivity index (χ4v) is 2.34. The van der Waals surface area contributed by atoms with Gasteiger partial charge in [-0.1, -0.05) is 17.4 Å². The molecule has 2 rings (SSSR count). The molecule has 1 N–H and O–H groups in total. The Balaban J connectivity index is 2.10. The molecule has 2 aromatic rings. The largest absolute Gasteiger partial charge is 0.324 e. The van der Waals surface area contributed by atoms with Gasteiger partial charge in [-0.15, -0.1) is 0 Å². The Morgan fingerprint density at radius 1 is 1.53 bits per heavy atom. The van der Waals surface area contributed by atoms with Crippen molar-refractivity contribution >= 4 is 22.9 Å². The number of carbonyl (C=O) groups excluding carboxylic acids is 1. The van der Waals surface area contributed by atoms with Crippen LogP contribution in [0.4, 0.5) is 5.69 Å². The third-order valence-corrected chi connectivity index (χ3v) is 3.43. The van der Waals surface area contributed by atoms with Crippen molar-refractivity contribution in [2.24, 2.45) is 0 Å². The van der Waals surface area contributed by atoms with E-state index in [4.69, 9.17) is 5.26 Å². The van der Waals surface area contributed by atoms with Crippen molar-refractivity contribution in [3.05, 3.63) is 50.6 Å². The molecule has 0 saturated heterocycles. The molecule has 6 heteroatoms. The quantitative estimate of drug-likeness (QED) is 0.925. The zero-order valence-electron chi connectivity index (χ0n) is 10.2. The van der Waals surface area contributed by atoms with E-state index in [1.54, 1.807) is 36.6 Å². The van der Waals surface area contributed by atoms with Gasteiger partial charge in [0.05, 0.1) is 11.6 Å². The summed E-state index contributed by atoms with van der Waals surface area (Å²) in [5, 5.41) is 13.1. The summed E-state index contributed by atoms with van der Waals surface area (Å²) in [6.45, 7) is 1.76. The zero-order chi connectivity index (χ0) is 13.8. The second-order valence-electron chi connectivity index (χ2n) is 3.97. The zero-order valence-corrected chi connectivity index (χ0v) is 11.0. The van der Waals surface area contributed by atoms with Gasteiger partial charge in [-0.05, 0) is 25.1 Å². The van der Waals surface area contributed by atoms with Gasteiger partial charge in [-0.2, -0.15) is 5.26 Å². The van der Waals surface area contributed by atoms with Gasteiger partial charge in [0, 0.05) is 16.8 Å². The lowest BCUT2D eigenvalue weighted by Crippen LogP contribution is -2.25. The Hall–Kier alpha value is -2.39. The fourth-order valence-electron chi connectivity index (χ4n) is 1.61. The number of aromatic nitrogens is 1. The van der Waals surface area contributed by atoms with Crippen molar-refractivity contribution in [1.82, 2.24) is 4.57 Å². The number of rotatable bonds is 3. The molecular weight excluding hydrogens is 262 g/mol. The first-order chi connectivity index (χ1) is 9.10. The van der Waals surface area contributed by atoms with Crippen LogP contribution in [-0.4, -0.2) is 10.5 Å². The number of amides is 1. The van der Waals surface area contributed by atoms with E-state index >= 15 is 0 Å². The summed E-state index contributed by atoms with van der Waals surface area (Å²) < 4.78 is 1.41. The summed E-state index contributed by atoms with van der Waals surface area (Å²) in [7, 11) is 0. The topological polar surface area (TPSA) is 74.9 Å². The van der Waals surface area contributed by atoms with E-state index in [9.17, 15) is 9.59 Å². The lowest BCUT2D eigenvalue weighted by Gasteiger charge is -2.06. The minimum atomic E-state index is -0.293. The molecule has 5 nitrogen and oxygen atoms in total. The fraction of sp³-hybridized carbons (Fsp3) is 0.154. The number of hydrogen-bond donors (Lipinski definition) is 1. The van der Waals surface area contributed by atoms with Crippen molar-refractivity contribution in [3.8, 4) is 6.07 Å². The average Bonchev–Trinajstić information content (AvgIpc) is 2.71. The van der Waals surface area contributed by atoms with Crippen LogP contribution in [-0.2, 0) is 11.3 Å². The van der Waals surface area contributed by atoms with Crippen molar-refractivity contribution < 1.29 is 4.79 Å². The van der Waals surface area contributed by atoms with Gasteiger partial charge in [0.25, 0.3) is 0 Å². The van der Waals surface area contributed by atoms with Gasteiger partial charge in [0.2, 0.25) is 5.91 Å². The molecule has 0 fully saturated rings. The smallest absolute Gasteiger partial charge is 0.307 e. The van der Waals surface area contributed by atoms with Gasteiger partial charge in [0.1, 0.15) is 6.54 Å². The molecule has 0 spiro atoms. The molecule has 0 bridgehead atoms. The van der Waals surface area contributed by atoms with Crippen molar-refractivity contribution in [2.45, 2.75) is 13.5 Å². The highest BCUT2D eigenvalue weighted by Gasteiger charge is 2.08. The first-order valence-electron chi connectivity index (χ1n) is 5.55.